The highest BCUT2D eigenvalue weighted by Gasteiger charge is 2.12. The monoisotopic (exact) mass is 527 g/mol. The van der Waals surface area contributed by atoms with Gasteiger partial charge in [0.2, 0.25) is 0 Å². The van der Waals surface area contributed by atoms with Crippen LogP contribution in [0.25, 0.3) is 67.2 Å². The van der Waals surface area contributed by atoms with E-state index >= 15 is 0 Å². The summed E-state index contributed by atoms with van der Waals surface area (Å²) in [6, 6.07) is 48.7. The van der Waals surface area contributed by atoms with Crippen LogP contribution in [0.3, 0.4) is 0 Å². The van der Waals surface area contributed by atoms with E-state index in [2.05, 4.69) is 60.7 Å². The van der Waals surface area contributed by atoms with E-state index < -0.39 is 0 Å². The first-order valence-electron chi connectivity index (χ1n) is 13.5. The molecular formula is C37H25N3O. The van der Waals surface area contributed by atoms with Crippen LogP contribution in [0.2, 0.25) is 0 Å². The quantitative estimate of drug-likeness (QED) is 0.243. The Hall–Kier alpha value is -5.61. The van der Waals surface area contributed by atoms with E-state index in [-0.39, 0.29) is 5.75 Å². The van der Waals surface area contributed by atoms with Gasteiger partial charge in [0.1, 0.15) is 5.75 Å². The van der Waals surface area contributed by atoms with Crippen LogP contribution in [0.4, 0.5) is 0 Å². The Morgan fingerprint density at radius 1 is 0.317 bits per heavy atom. The summed E-state index contributed by atoms with van der Waals surface area (Å²) in [5, 5.41) is 12.0. The minimum absolute atomic E-state index is 0.269. The molecule has 0 aliphatic carbocycles. The maximum Gasteiger partial charge on any atom is 0.164 e. The molecule has 0 spiro atoms. The van der Waals surface area contributed by atoms with Gasteiger partial charge in [-0.3, -0.25) is 0 Å². The van der Waals surface area contributed by atoms with Gasteiger partial charge >= 0.3 is 0 Å². The van der Waals surface area contributed by atoms with Gasteiger partial charge in [-0.1, -0.05) is 121 Å². The highest BCUT2D eigenvalue weighted by atomic mass is 16.3. The maximum atomic E-state index is 9.65. The molecule has 1 N–H and O–H groups in total. The smallest absolute Gasteiger partial charge is 0.164 e. The van der Waals surface area contributed by atoms with Gasteiger partial charge < -0.3 is 5.11 Å². The zero-order chi connectivity index (χ0) is 27.6. The van der Waals surface area contributed by atoms with Gasteiger partial charge in [-0.25, -0.2) is 15.0 Å². The zero-order valence-electron chi connectivity index (χ0n) is 22.1. The van der Waals surface area contributed by atoms with E-state index in [4.69, 9.17) is 15.0 Å². The molecule has 0 amide bonds. The van der Waals surface area contributed by atoms with Gasteiger partial charge in [0.05, 0.1) is 0 Å². The molecule has 1 heterocycles. The fourth-order valence-electron chi connectivity index (χ4n) is 5.01. The molecule has 4 heteroatoms. The number of rotatable bonds is 5. The summed E-state index contributed by atoms with van der Waals surface area (Å²) in [5.74, 6) is 2.21. The Labute approximate surface area is 238 Å². The lowest BCUT2D eigenvalue weighted by molar-refractivity contribution is 0.475. The summed E-state index contributed by atoms with van der Waals surface area (Å²) in [7, 11) is 0. The molecule has 41 heavy (non-hydrogen) atoms. The van der Waals surface area contributed by atoms with Crippen LogP contribution in [0.5, 0.6) is 5.75 Å². The van der Waals surface area contributed by atoms with Gasteiger partial charge in [-0.05, 0) is 57.3 Å². The molecule has 0 unspecified atom stereocenters. The molecule has 0 bridgehead atoms. The topological polar surface area (TPSA) is 58.9 Å². The molecule has 0 radical (unpaired) electrons. The van der Waals surface area contributed by atoms with E-state index in [0.29, 0.717) is 17.5 Å². The fourth-order valence-corrected chi connectivity index (χ4v) is 5.01. The molecule has 194 valence electrons. The zero-order valence-corrected chi connectivity index (χ0v) is 22.1. The lowest BCUT2D eigenvalue weighted by atomic mass is 9.97. The predicted octanol–water partition coefficient (Wildman–Crippen LogP) is 9.07. The van der Waals surface area contributed by atoms with Crippen molar-refractivity contribution in [1.82, 2.24) is 15.0 Å². The van der Waals surface area contributed by atoms with E-state index in [1.165, 1.54) is 5.39 Å². The van der Waals surface area contributed by atoms with Crippen molar-refractivity contribution in [1.29, 1.82) is 0 Å². The van der Waals surface area contributed by atoms with Gasteiger partial charge in [-0.15, -0.1) is 0 Å². The summed E-state index contributed by atoms with van der Waals surface area (Å²) in [5.41, 5.74) is 7.27. The highest BCUT2D eigenvalue weighted by molar-refractivity contribution is 5.91. The minimum atomic E-state index is 0.269. The first-order valence-corrected chi connectivity index (χ1v) is 13.5. The molecule has 0 saturated carbocycles. The van der Waals surface area contributed by atoms with Crippen LogP contribution < -0.4 is 0 Å². The standard InChI is InChI=1S/C37H25N3O/c41-34-21-19-26(20-22-34)32-18-14-27-13-17-31(23-33(27)24-32)25-11-15-30(16-12-25)37-39-35(28-7-3-1-4-8-28)38-36(40-37)29-9-5-2-6-10-29/h1-24,41H. The van der Waals surface area contributed by atoms with Crippen molar-refractivity contribution >= 4 is 10.8 Å². The third-order valence-electron chi connectivity index (χ3n) is 7.22. The molecule has 0 atom stereocenters. The SMILES string of the molecule is Oc1ccc(-c2ccc3ccc(-c4ccc(-c5nc(-c6ccccc6)nc(-c6ccccc6)n5)cc4)cc3c2)cc1. The largest absolute Gasteiger partial charge is 0.508 e. The molecule has 6 aromatic carbocycles. The first kappa shape index (κ1) is 24.4. The molecule has 0 aliphatic heterocycles. The second kappa shape index (κ2) is 10.5. The summed E-state index contributed by atoms with van der Waals surface area (Å²) < 4.78 is 0. The van der Waals surface area contributed by atoms with Crippen molar-refractivity contribution in [3.63, 3.8) is 0 Å². The van der Waals surface area contributed by atoms with Crippen molar-refractivity contribution < 1.29 is 5.11 Å². The van der Waals surface area contributed by atoms with Crippen LogP contribution in [-0.2, 0) is 0 Å². The molecule has 1 aromatic heterocycles. The number of phenolic OH excluding ortho intramolecular Hbond substituents is 1. The lowest BCUT2D eigenvalue weighted by Crippen LogP contribution is -2.00. The van der Waals surface area contributed by atoms with Crippen LogP contribution >= 0.6 is 0 Å². The van der Waals surface area contributed by atoms with Gasteiger partial charge in [0, 0.05) is 16.7 Å². The number of aromatic nitrogens is 3. The van der Waals surface area contributed by atoms with Gasteiger partial charge in [0.15, 0.2) is 17.5 Å². The van der Waals surface area contributed by atoms with Crippen molar-refractivity contribution in [3.8, 4) is 62.2 Å². The van der Waals surface area contributed by atoms with Crippen molar-refractivity contribution in [2.45, 2.75) is 0 Å². The first-order chi connectivity index (χ1) is 20.2. The highest BCUT2D eigenvalue weighted by Crippen LogP contribution is 2.31. The Morgan fingerprint density at radius 3 is 1.15 bits per heavy atom. The Balaban J connectivity index is 1.25. The molecule has 4 nitrogen and oxygen atoms in total. The molecule has 7 aromatic rings. The Bertz CT molecular complexity index is 1910. The van der Waals surface area contributed by atoms with E-state index in [0.717, 1.165) is 44.3 Å². The van der Waals surface area contributed by atoms with Crippen molar-refractivity contribution in [3.05, 3.63) is 146 Å². The molecule has 7 rings (SSSR count). The summed E-state index contributed by atoms with van der Waals surface area (Å²) >= 11 is 0. The van der Waals surface area contributed by atoms with Crippen LogP contribution in [0, 0.1) is 0 Å². The number of hydrogen-bond donors (Lipinski definition) is 1. The van der Waals surface area contributed by atoms with Gasteiger partial charge in [-0.2, -0.15) is 0 Å². The number of fused-ring (bicyclic) bond motifs is 1. The average molecular weight is 528 g/mol. The summed E-state index contributed by atoms with van der Waals surface area (Å²) in [6.45, 7) is 0. The predicted molar refractivity (Wildman–Crippen MR) is 166 cm³/mol. The van der Waals surface area contributed by atoms with Crippen LogP contribution in [-0.4, -0.2) is 20.1 Å². The van der Waals surface area contributed by atoms with Crippen molar-refractivity contribution in [2.75, 3.05) is 0 Å². The van der Waals surface area contributed by atoms with E-state index in [1.807, 2.05) is 72.8 Å². The Kier molecular flexibility index (Phi) is 6.26. The number of phenols is 1. The fraction of sp³-hybridized carbons (Fsp3) is 0. The molecule has 0 saturated heterocycles. The van der Waals surface area contributed by atoms with Crippen LogP contribution in [0.1, 0.15) is 0 Å². The van der Waals surface area contributed by atoms with E-state index in [9.17, 15) is 5.11 Å². The molecular weight excluding hydrogens is 502 g/mol. The minimum Gasteiger partial charge on any atom is -0.508 e. The number of hydrogen-bond acceptors (Lipinski definition) is 4. The average Bonchev–Trinajstić information content (AvgIpc) is 3.05. The molecule has 0 aliphatic rings. The lowest BCUT2D eigenvalue weighted by Gasteiger charge is -2.10. The number of aromatic hydroxyl groups is 1. The second-order valence-electron chi connectivity index (χ2n) is 9.94. The van der Waals surface area contributed by atoms with Crippen molar-refractivity contribution in [2.24, 2.45) is 0 Å². The third kappa shape index (κ3) is 5.07. The van der Waals surface area contributed by atoms with Gasteiger partial charge in [0.25, 0.3) is 0 Å². The third-order valence-corrected chi connectivity index (χ3v) is 7.22. The van der Waals surface area contributed by atoms with Crippen LogP contribution in [0.15, 0.2) is 146 Å². The number of nitrogens with zero attached hydrogens (tertiary/aromatic N) is 3. The summed E-state index contributed by atoms with van der Waals surface area (Å²) in [4.78, 5) is 14.5. The number of benzene rings is 6. The normalized spacial score (nSPS) is 11.0. The maximum absolute atomic E-state index is 9.65. The van der Waals surface area contributed by atoms with E-state index in [1.54, 1.807) is 12.1 Å². The Morgan fingerprint density at radius 2 is 0.683 bits per heavy atom. The molecule has 0 fully saturated rings. The second-order valence-corrected chi connectivity index (χ2v) is 9.94. The summed E-state index contributed by atoms with van der Waals surface area (Å²) in [6.07, 6.45) is 0.